The molecule has 1 saturated heterocycles. The second-order valence-electron chi connectivity index (χ2n) is 11.1. The first-order chi connectivity index (χ1) is 14.4. The average Bonchev–Trinajstić information content (AvgIpc) is 3.02. The van der Waals surface area contributed by atoms with Crippen molar-refractivity contribution in [1.82, 2.24) is 10.6 Å². The molecule has 0 radical (unpaired) electrons. The molecule has 4 rings (SSSR count). The Balaban J connectivity index is 1.53. The third kappa shape index (κ3) is 3.60. The van der Waals surface area contributed by atoms with Crippen LogP contribution < -0.4 is 10.6 Å². The highest BCUT2D eigenvalue weighted by Gasteiger charge is 2.61. The summed E-state index contributed by atoms with van der Waals surface area (Å²) in [5, 5.41) is 5.49. The first-order valence-electron chi connectivity index (χ1n) is 11.7. The van der Waals surface area contributed by atoms with Gasteiger partial charge in [0.1, 0.15) is 6.04 Å². The van der Waals surface area contributed by atoms with E-state index < -0.39 is 18.1 Å². The third-order valence-electron chi connectivity index (χ3n) is 9.52. The van der Waals surface area contributed by atoms with Crippen molar-refractivity contribution < 1.29 is 22.8 Å². The monoisotopic (exact) mass is 440 g/mol. The Labute approximate surface area is 182 Å². The van der Waals surface area contributed by atoms with Crippen LogP contribution in [0.1, 0.15) is 72.1 Å². The van der Waals surface area contributed by atoms with Crippen LogP contribution in [0.5, 0.6) is 0 Å². The summed E-state index contributed by atoms with van der Waals surface area (Å²) in [7, 11) is 0. The number of rotatable bonds is 3. The number of carbonyl (C=O) groups excluding carboxylic acids is 2. The normalized spacial score (nSPS) is 43.2. The van der Waals surface area contributed by atoms with E-state index in [1.54, 1.807) is 0 Å². The maximum atomic E-state index is 13.4. The second-order valence-corrected chi connectivity index (χ2v) is 11.1. The van der Waals surface area contributed by atoms with Gasteiger partial charge in [-0.05, 0) is 86.0 Å². The lowest BCUT2D eigenvalue weighted by atomic mass is 9.47. The Morgan fingerprint density at radius 2 is 1.77 bits per heavy atom. The Kier molecular flexibility index (Phi) is 5.49. The summed E-state index contributed by atoms with van der Waals surface area (Å²) in [4.78, 5) is 25.0. The summed E-state index contributed by atoms with van der Waals surface area (Å²) < 4.78 is 40.2. The molecule has 7 heteroatoms. The van der Waals surface area contributed by atoms with E-state index in [2.05, 4.69) is 31.1 Å². The van der Waals surface area contributed by atoms with Crippen LogP contribution in [-0.2, 0) is 9.59 Å². The molecule has 4 fully saturated rings. The lowest BCUT2D eigenvalue weighted by molar-refractivity contribution is -0.159. The van der Waals surface area contributed by atoms with E-state index in [1.807, 2.05) is 0 Å². The highest BCUT2D eigenvalue weighted by Crippen LogP contribution is 2.65. The molecule has 0 aromatic heterocycles. The number of carbonyl (C=O) groups is 2. The number of hydrogen-bond donors (Lipinski definition) is 2. The van der Waals surface area contributed by atoms with Crippen molar-refractivity contribution in [2.75, 3.05) is 0 Å². The van der Waals surface area contributed by atoms with Gasteiger partial charge in [-0.25, -0.2) is 0 Å². The van der Waals surface area contributed by atoms with Gasteiger partial charge in [0.05, 0.1) is 0 Å². The van der Waals surface area contributed by atoms with Crippen molar-refractivity contribution >= 4 is 11.8 Å². The van der Waals surface area contributed by atoms with Crippen LogP contribution in [0.2, 0.25) is 0 Å². The molecule has 4 nitrogen and oxygen atoms in total. The summed E-state index contributed by atoms with van der Waals surface area (Å²) in [6.45, 7) is 9.20. The minimum absolute atomic E-state index is 0.0832. The van der Waals surface area contributed by atoms with Crippen LogP contribution in [0.3, 0.4) is 0 Å². The highest BCUT2D eigenvalue weighted by atomic mass is 19.4. The van der Waals surface area contributed by atoms with Gasteiger partial charge in [0.25, 0.3) is 0 Å². The first kappa shape index (κ1) is 22.7. The highest BCUT2D eigenvalue weighted by molar-refractivity contribution is 5.81. The van der Waals surface area contributed by atoms with Crippen LogP contribution in [0.25, 0.3) is 0 Å². The van der Waals surface area contributed by atoms with Gasteiger partial charge in [-0.3, -0.25) is 9.59 Å². The van der Waals surface area contributed by atoms with Gasteiger partial charge in [0.2, 0.25) is 11.8 Å². The number of hydrogen-bond acceptors (Lipinski definition) is 2. The predicted molar refractivity (Wildman–Crippen MR) is 112 cm³/mol. The predicted octanol–water partition coefficient (Wildman–Crippen LogP) is 4.75. The van der Waals surface area contributed by atoms with Gasteiger partial charge in [-0.1, -0.05) is 20.4 Å². The summed E-state index contributed by atoms with van der Waals surface area (Å²) in [5.74, 6) is 0.623. The standard InChI is InChI=1S/C24H35F3N2O2/c1-13(2)20(24(25,26)27)29-21(31)17-7-6-15-14-5-8-18-23(4,12-10-19(30)28-18)16(14)9-11-22(15,17)3/h14-18,20H,1,5-12H2,2-4H3,(H,28,30)(H,29,31)/t14-,15-,16+,17?,18?,20?,22-,23+/m0/s1. The van der Waals surface area contributed by atoms with Crippen molar-refractivity contribution in [3.63, 3.8) is 0 Å². The van der Waals surface area contributed by atoms with Crippen molar-refractivity contribution in [2.45, 2.75) is 90.4 Å². The summed E-state index contributed by atoms with van der Waals surface area (Å²) in [5.41, 5.74) is -0.271. The first-order valence-corrected chi connectivity index (χ1v) is 11.7. The van der Waals surface area contributed by atoms with Crippen molar-refractivity contribution in [2.24, 2.45) is 34.5 Å². The molecule has 174 valence electrons. The lowest BCUT2D eigenvalue weighted by Crippen LogP contribution is -2.61. The minimum atomic E-state index is -4.53. The molecule has 0 aromatic carbocycles. The van der Waals surface area contributed by atoms with Gasteiger partial charge in [0.15, 0.2) is 0 Å². The van der Waals surface area contributed by atoms with E-state index in [0.717, 1.165) is 38.5 Å². The molecule has 3 aliphatic carbocycles. The molecule has 4 aliphatic rings. The van der Waals surface area contributed by atoms with Crippen LogP contribution in [-0.4, -0.2) is 30.1 Å². The smallest absolute Gasteiger partial charge is 0.353 e. The summed E-state index contributed by atoms with van der Waals surface area (Å²) in [6.07, 6.45) is 2.31. The van der Waals surface area contributed by atoms with E-state index >= 15 is 0 Å². The van der Waals surface area contributed by atoms with Crippen molar-refractivity contribution in [3.8, 4) is 0 Å². The van der Waals surface area contributed by atoms with E-state index in [4.69, 9.17) is 0 Å². The average molecular weight is 441 g/mol. The Hall–Kier alpha value is -1.53. The number of alkyl halides is 3. The Bertz CT molecular complexity index is 781. The SMILES string of the molecule is C=C(C)C(NC(=O)C1CC[C@H]2[C@@H]3CCC4NC(=O)CC[C@]4(C)[C@@H]3CC[C@]12C)C(F)(F)F. The maximum Gasteiger partial charge on any atom is 0.412 e. The summed E-state index contributed by atoms with van der Waals surface area (Å²) >= 11 is 0. The van der Waals surface area contributed by atoms with Gasteiger partial charge < -0.3 is 10.6 Å². The van der Waals surface area contributed by atoms with Gasteiger partial charge in [0, 0.05) is 18.4 Å². The minimum Gasteiger partial charge on any atom is -0.353 e. The number of halogens is 3. The van der Waals surface area contributed by atoms with Crippen molar-refractivity contribution in [1.29, 1.82) is 0 Å². The third-order valence-corrected chi connectivity index (χ3v) is 9.52. The topological polar surface area (TPSA) is 58.2 Å². The second kappa shape index (κ2) is 7.51. The molecule has 3 saturated carbocycles. The molecule has 1 aliphatic heterocycles. The number of amides is 2. The number of piperidine rings is 1. The zero-order chi connectivity index (χ0) is 22.8. The number of fused-ring (bicyclic) bond motifs is 5. The fraction of sp³-hybridized carbons (Fsp3) is 0.833. The van der Waals surface area contributed by atoms with E-state index in [0.29, 0.717) is 30.6 Å². The summed E-state index contributed by atoms with van der Waals surface area (Å²) in [6, 6.07) is -1.76. The van der Waals surface area contributed by atoms with E-state index in [9.17, 15) is 22.8 Å². The van der Waals surface area contributed by atoms with E-state index in [-0.39, 0.29) is 34.3 Å². The molecule has 0 aromatic rings. The van der Waals surface area contributed by atoms with Crippen LogP contribution in [0, 0.1) is 34.5 Å². The fourth-order valence-electron chi connectivity index (χ4n) is 7.86. The molecule has 0 bridgehead atoms. The largest absolute Gasteiger partial charge is 0.412 e. The van der Waals surface area contributed by atoms with Crippen LogP contribution in [0.4, 0.5) is 13.2 Å². The Morgan fingerprint density at radius 3 is 2.42 bits per heavy atom. The molecule has 2 amide bonds. The van der Waals surface area contributed by atoms with Crippen LogP contribution in [0.15, 0.2) is 12.2 Å². The zero-order valence-corrected chi connectivity index (χ0v) is 18.8. The maximum absolute atomic E-state index is 13.4. The lowest BCUT2D eigenvalue weighted by Gasteiger charge is -2.60. The molecule has 3 unspecified atom stereocenters. The Morgan fingerprint density at radius 1 is 1.10 bits per heavy atom. The van der Waals surface area contributed by atoms with Gasteiger partial charge in [-0.15, -0.1) is 0 Å². The molecule has 2 N–H and O–H groups in total. The van der Waals surface area contributed by atoms with Gasteiger partial charge >= 0.3 is 6.18 Å². The molecular weight excluding hydrogens is 405 g/mol. The van der Waals surface area contributed by atoms with E-state index in [1.165, 1.54) is 6.92 Å². The molecule has 8 atom stereocenters. The zero-order valence-electron chi connectivity index (χ0n) is 18.8. The number of nitrogens with one attached hydrogen (secondary N) is 2. The molecular formula is C24H35F3N2O2. The fourth-order valence-corrected chi connectivity index (χ4v) is 7.86. The molecule has 0 spiro atoms. The molecule has 31 heavy (non-hydrogen) atoms. The van der Waals surface area contributed by atoms with Gasteiger partial charge in [-0.2, -0.15) is 13.2 Å². The van der Waals surface area contributed by atoms with Crippen molar-refractivity contribution in [3.05, 3.63) is 12.2 Å². The van der Waals surface area contributed by atoms with Crippen LogP contribution >= 0.6 is 0 Å². The quantitative estimate of drug-likeness (QED) is 0.623. The molecule has 1 heterocycles.